The van der Waals surface area contributed by atoms with Crippen LogP contribution in [0, 0.1) is 11.7 Å². The summed E-state index contributed by atoms with van der Waals surface area (Å²) in [4.78, 5) is 2.46. The van der Waals surface area contributed by atoms with Crippen LogP contribution in [0.25, 0.3) is 0 Å². The van der Waals surface area contributed by atoms with Gasteiger partial charge < -0.3 is 5.32 Å². The van der Waals surface area contributed by atoms with Gasteiger partial charge in [-0.05, 0) is 43.1 Å². The first kappa shape index (κ1) is 14.9. The van der Waals surface area contributed by atoms with Crippen molar-refractivity contribution in [1.29, 1.82) is 0 Å². The van der Waals surface area contributed by atoms with Crippen LogP contribution in [0.15, 0.2) is 22.7 Å². The van der Waals surface area contributed by atoms with Crippen molar-refractivity contribution in [3.05, 3.63) is 34.1 Å². The van der Waals surface area contributed by atoms with E-state index < -0.39 is 0 Å². The third-order valence-corrected chi connectivity index (χ3v) is 4.46. The highest BCUT2D eigenvalue weighted by molar-refractivity contribution is 9.10. The van der Waals surface area contributed by atoms with E-state index >= 15 is 0 Å². The lowest BCUT2D eigenvalue weighted by atomic mass is 10.0. The number of hydrogen-bond donors (Lipinski definition) is 1. The van der Waals surface area contributed by atoms with Gasteiger partial charge in [0.15, 0.2) is 0 Å². The van der Waals surface area contributed by atoms with Gasteiger partial charge in [-0.3, -0.25) is 4.90 Å². The molecule has 1 fully saturated rings. The number of nitrogens with one attached hydrogen (secondary N) is 1. The molecule has 1 aliphatic heterocycles. The van der Waals surface area contributed by atoms with Gasteiger partial charge in [-0.25, -0.2) is 4.39 Å². The van der Waals surface area contributed by atoms with Crippen molar-refractivity contribution >= 4 is 15.9 Å². The average Bonchev–Trinajstić information content (AvgIpc) is 2.58. The smallest absolute Gasteiger partial charge is 0.124 e. The first-order valence-electron chi connectivity index (χ1n) is 6.96. The zero-order valence-corrected chi connectivity index (χ0v) is 13.2. The first-order chi connectivity index (χ1) is 9.06. The summed E-state index contributed by atoms with van der Waals surface area (Å²) in [5, 5.41) is 3.61. The fourth-order valence-corrected chi connectivity index (χ4v) is 2.98. The van der Waals surface area contributed by atoms with E-state index in [0.717, 1.165) is 36.2 Å². The van der Waals surface area contributed by atoms with E-state index in [1.165, 1.54) is 12.5 Å². The molecule has 0 amide bonds. The third kappa shape index (κ3) is 4.26. The van der Waals surface area contributed by atoms with E-state index in [1.807, 2.05) is 6.07 Å². The highest BCUT2D eigenvalue weighted by Gasteiger charge is 2.20. The molecule has 2 rings (SSSR count). The number of nitrogens with zero attached hydrogens (tertiary/aromatic N) is 1. The van der Waals surface area contributed by atoms with Gasteiger partial charge in [0.1, 0.15) is 5.82 Å². The van der Waals surface area contributed by atoms with E-state index in [4.69, 9.17) is 0 Å². The second kappa shape index (κ2) is 6.82. The Morgan fingerprint density at radius 1 is 1.47 bits per heavy atom. The molecule has 1 N–H and O–H groups in total. The van der Waals surface area contributed by atoms with Crippen LogP contribution in [-0.2, 0) is 6.54 Å². The molecule has 1 aromatic rings. The molecule has 1 atom stereocenters. The number of rotatable bonds is 3. The normalized spacial score (nSPS) is 21.6. The molecular weight excluding hydrogens is 307 g/mol. The minimum Gasteiger partial charge on any atom is -0.312 e. The third-order valence-electron chi connectivity index (χ3n) is 3.73. The quantitative estimate of drug-likeness (QED) is 0.914. The predicted molar refractivity (Wildman–Crippen MR) is 80.6 cm³/mol. The lowest BCUT2D eigenvalue weighted by molar-refractivity contribution is 0.238. The fourth-order valence-electron chi connectivity index (χ4n) is 2.51. The highest BCUT2D eigenvalue weighted by Crippen LogP contribution is 2.21. The fraction of sp³-hybridized carbons (Fsp3) is 0.600. The Bertz CT molecular complexity index is 423. The molecule has 4 heteroatoms. The van der Waals surface area contributed by atoms with Crippen molar-refractivity contribution in [3.63, 3.8) is 0 Å². The SMILES string of the molecule is CC(C)C1CN(Cc2ccc(F)cc2Br)CCCN1. The van der Waals surface area contributed by atoms with Crippen LogP contribution < -0.4 is 5.32 Å². The minimum atomic E-state index is -0.187. The Kier molecular flexibility index (Phi) is 5.37. The summed E-state index contributed by atoms with van der Waals surface area (Å²) in [6, 6.07) is 5.51. The molecule has 0 spiro atoms. The van der Waals surface area contributed by atoms with E-state index in [9.17, 15) is 4.39 Å². The van der Waals surface area contributed by atoms with Crippen molar-refractivity contribution in [2.24, 2.45) is 5.92 Å². The van der Waals surface area contributed by atoms with Crippen LogP contribution in [0.4, 0.5) is 4.39 Å². The Labute approximate surface area is 123 Å². The standard InChI is InChI=1S/C15H22BrFN2/c1-11(2)15-10-19(7-3-6-18-15)9-12-4-5-13(17)8-14(12)16/h4-5,8,11,15,18H,3,6-7,9-10H2,1-2H3. The van der Waals surface area contributed by atoms with Gasteiger partial charge in [-0.15, -0.1) is 0 Å². The largest absolute Gasteiger partial charge is 0.312 e. The molecule has 1 saturated heterocycles. The molecule has 1 aromatic carbocycles. The summed E-state index contributed by atoms with van der Waals surface area (Å²) in [6.45, 7) is 8.64. The average molecular weight is 329 g/mol. The van der Waals surface area contributed by atoms with E-state index in [2.05, 4.69) is 40.0 Å². The van der Waals surface area contributed by atoms with Crippen molar-refractivity contribution in [1.82, 2.24) is 10.2 Å². The Morgan fingerprint density at radius 2 is 2.26 bits per heavy atom. The van der Waals surface area contributed by atoms with Gasteiger partial charge in [-0.1, -0.05) is 35.8 Å². The second-order valence-electron chi connectivity index (χ2n) is 5.63. The van der Waals surface area contributed by atoms with E-state index in [0.29, 0.717) is 12.0 Å². The van der Waals surface area contributed by atoms with Gasteiger partial charge in [0.2, 0.25) is 0 Å². The topological polar surface area (TPSA) is 15.3 Å². The summed E-state index contributed by atoms with van der Waals surface area (Å²) in [5.41, 5.74) is 1.16. The number of halogens is 2. The van der Waals surface area contributed by atoms with Crippen molar-refractivity contribution in [2.45, 2.75) is 32.9 Å². The highest BCUT2D eigenvalue weighted by atomic mass is 79.9. The molecule has 0 bridgehead atoms. The summed E-state index contributed by atoms with van der Waals surface area (Å²) >= 11 is 3.46. The Morgan fingerprint density at radius 3 is 2.95 bits per heavy atom. The van der Waals surface area contributed by atoms with Gasteiger partial charge in [-0.2, -0.15) is 0 Å². The Balaban J connectivity index is 2.04. The Hall–Kier alpha value is -0.450. The van der Waals surface area contributed by atoms with E-state index in [-0.39, 0.29) is 5.82 Å². The first-order valence-corrected chi connectivity index (χ1v) is 7.75. The molecule has 19 heavy (non-hydrogen) atoms. The monoisotopic (exact) mass is 328 g/mol. The van der Waals surface area contributed by atoms with Gasteiger partial charge in [0.25, 0.3) is 0 Å². The lowest BCUT2D eigenvalue weighted by Crippen LogP contribution is -2.41. The molecule has 1 aliphatic rings. The summed E-state index contributed by atoms with van der Waals surface area (Å²) in [6.07, 6.45) is 1.17. The minimum absolute atomic E-state index is 0.187. The number of hydrogen-bond acceptors (Lipinski definition) is 2. The van der Waals surface area contributed by atoms with Crippen LogP contribution >= 0.6 is 15.9 Å². The van der Waals surface area contributed by atoms with Crippen LogP contribution in [0.5, 0.6) is 0 Å². The maximum absolute atomic E-state index is 13.1. The molecular formula is C15H22BrFN2. The van der Waals surface area contributed by atoms with E-state index in [1.54, 1.807) is 6.07 Å². The predicted octanol–water partition coefficient (Wildman–Crippen LogP) is 3.41. The zero-order valence-electron chi connectivity index (χ0n) is 11.6. The summed E-state index contributed by atoms with van der Waals surface area (Å²) in [7, 11) is 0. The molecule has 1 unspecified atom stereocenters. The van der Waals surface area contributed by atoms with Crippen molar-refractivity contribution in [3.8, 4) is 0 Å². The molecule has 0 aliphatic carbocycles. The molecule has 106 valence electrons. The van der Waals surface area contributed by atoms with Crippen molar-refractivity contribution < 1.29 is 4.39 Å². The summed E-state index contributed by atoms with van der Waals surface area (Å²) < 4.78 is 14.0. The van der Waals surface area contributed by atoms with Crippen LogP contribution in [0.2, 0.25) is 0 Å². The number of benzene rings is 1. The summed E-state index contributed by atoms with van der Waals surface area (Å²) in [5.74, 6) is 0.450. The second-order valence-corrected chi connectivity index (χ2v) is 6.48. The van der Waals surface area contributed by atoms with Gasteiger partial charge in [0.05, 0.1) is 0 Å². The van der Waals surface area contributed by atoms with Gasteiger partial charge >= 0.3 is 0 Å². The van der Waals surface area contributed by atoms with Gasteiger partial charge in [0, 0.05) is 23.6 Å². The molecule has 0 aromatic heterocycles. The molecule has 2 nitrogen and oxygen atoms in total. The maximum atomic E-state index is 13.1. The van der Waals surface area contributed by atoms with Crippen LogP contribution in [0.3, 0.4) is 0 Å². The van der Waals surface area contributed by atoms with Crippen LogP contribution in [0.1, 0.15) is 25.8 Å². The maximum Gasteiger partial charge on any atom is 0.124 e. The molecule has 0 saturated carbocycles. The lowest BCUT2D eigenvalue weighted by Gasteiger charge is -2.27. The molecule has 1 heterocycles. The molecule has 0 radical (unpaired) electrons. The van der Waals surface area contributed by atoms with Crippen LogP contribution in [-0.4, -0.2) is 30.6 Å². The zero-order chi connectivity index (χ0) is 13.8. The van der Waals surface area contributed by atoms with Crippen molar-refractivity contribution in [2.75, 3.05) is 19.6 Å².